The number of carboxylic acids is 1. The van der Waals surface area contributed by atoms with Crippen LogP contribution in [-0.2, 0) is 16.6 Å². The zero-order valence-electron chi connectivity index (χ0n) is 19.3. The lowest BCUT2D eigenvalue weighted by molar-refractivity contribution is -0.140. The van der Waals surface area contributed by atoms with E-state index in [9.17, 15) is 14.3 Å². The second-order valence-corrected chi connectivity index (χ2v) is 9.70. The summed E-state index contributed by atoms with van der Waals surface area (Å²) in [6.45, 7) is 3.66. The number of hydrogen-bond acceptors (Lipinski definition) is 4. The second kappa shape index (κ2) is 9.18. The van der Waals surface area contributed by atoms with Crippen molar-refractivity contribution in [2.75, 3.05) is 18.4 Å². The molecule has 1 aromatic heterocycles. The number of nitrogens with one attached hydrogen (secondary N) is 2. The van der Waals surface area contributed by atoms with E-state index in [4.69, 9.17) is 0 Å². The molecule has 176 valence electrons. The Hall–Kier alpha value is -3.25. The van der Waals surface area contributed by atoms with Gasteiger partial charge in [-0.2, -0.15) is 0 Å². The van der Waals surface area contributed by atoms with E-state index in [1.807, 2.05) is 18.2 Å². The quantitative estimate of drug-likeness (QED) is 0.439. The topological polar surface area (TPSA) is 74.2 Å². The van der Waals surface area contributed by atoms with Crippen molar-refractivity contribution in [1.82, 2.24) is 10.3 Å². The number of nitrogens with zero attached hydrogens (tertiary/aromatic N) is 1. The first kappa shape index (κ1) is 22.5. The Bertz CT molecular complexity index is 1180. The van der Waals surface area contributed by atoms with Crippen LogP contribution in [0, 0.1) is 11.7 Å². The summed E-state index contributed by atoms with van der Waals surface area (Å²) in [6, 6.07) is 20.1. The summed E-state index contributed by atoms with van der Waals surface area (Å²) < 4.78 is 13.6. The van der Waals surface area contributed by atoms with E-state index in [1.165, 1.54) is 17.8 Å². The normalized spacial score (nSPS) is 20.0. The van der Waals surface area contributed by atoms with Crippen molar-refractivity contribution in [1.29, 1.82) is 0 Å². The van der Waals surface area contributed by atoms with Crippen molar-refractivity contribution in [2.45, 2.75) is 43.6 Å². The molecule has 5 rings (SSSR count). The fourth-order valence-electron chi connectivity index (χ4n) is 5.11. The molecule has 1 aliphatic carbocycles. The molecule has 3 N–H and O–H groups in total. The number of hydrogen-bond donors (Lipinski definition) is 3. The standard InChI is InChI=1S/C28H30FN3O2/c1-18(20-8-5-9-22(12-20)28(10-11-28)27(33)34)15-32-26(19-6-3-2-4-7-19)21-13-24-25(30-16-21)14-23(29)17-31-24/h2-9,12,14,17-18,21,26,30,32H,10-11,13,15-16H2,1H3,(H,33,34)/t18-,21+,26+/m0/s1. The lowest BCUT2D eigenvalue weighted by atomic mass is 9.85. The Kier molecular flexibility index (Phi) is 6.09. The Balaban J connectivity index is 1.33. The van der Waals surface area contributed by atoms with Gasteiger partial charge in [-0.3, -0.25) is 9.78 Å². The molecule has 0 unspecified atom stereocenters. The molecule has 6 heteroatoms. The third-order valence-corrected chi connectivity index (χ3v) is 7.39. The summed E-state index contributed by atoms with van der Waals surface area (Å²) in [7, 11) is 0. The molecule has 3 aromatic rings. The summed E-state index contributed by atoms with van der Waals surface area (Å²) in [5, 5.41) is 16.8. The first-order chi connectivity index (χ1) is 16.5. The van der Waals surface area contributed by atoms with E-state index in [1.54, 1.807) is 0 Å². The zero-order valence-corrected chi connectivity index (χ0v) is 19.3. The largest absolute Gasteiger partial charge is 0.481 e. The van der Waals surface area contributed by atoms with Crippen LogP contribution in [0.5, 0.6) is 0 Å². The second-order valence-electron chi connectivity index (χ2n) is 9.70. The van der Waals surface area contributed by atoms with Gasteiger partial charge in [0.2, 0.25) is 0 Å². The minimum Gasteiger partial charge on any atom is -0.481 e. The smallest absolute Gasteiger partial charge is 0.314 e. The van der Waals surface area contributed by atoms with Crippen molar-refractivity contribution in [3.05, 3.63) is 95.1 Å². The average molecular weight is 460 g/mol. The number of anilines is 1. The maximum absolute atomic E-state index is 13.6. The van der Waals surface area contributed by atoms with Crippen LogP contribution >= 0.6 is 0 Å². The lowest BCUT2D eigenvalue weighted by Crippen LogP contribution is -2.37. The summed E-state index contributed by atoms with van der Waals surface area (Å²) >= 11 is 0. The molecule has 0 bridgehead atoms. The molecule has 1 aliphatic heterocycles. The predicted octanol–water partition coefficient (Wildman–Crippen LogP) is 5.06. The molecular weight excluding hydrogens is 429 g/mol. The Morgan fingerprint density at radius 2 is 1.94 bits per heavy atom. The summed E-state index contributed by atoms with van der Waals surface area (Å²) in [6.07, 6.45) is 3.47. The number of carboxylic acid groups (broad SMARTS) is 1. The Morgan fingerprint density at radius 1 is 1.18 bits per heavy atom. The van der Waals surface area contributed by atoms with Crippen LogP contribution in [0.1, 0.15) is 54.1 Å². The maximum atomic E-state index is 13.6. The highest BCUT2D eigenvalue weighted by molar-refractivity contribution is 5.85. The van der Waals surface area contributed by atoms with E-state index < -0.39 is 11.4 Å². The van der Waals surface area contributed by atoms with Crippen LogP contribution in [0.15, 0.2) is 66.9 Å². The van der Waals surface area contributed by atoms with Crippen LogP contribution in [0.2, 0.25) is 0 Å². The van der Waals surface area contributed by atoms with Gasteiger partial charge in [-0.05, 0) is 41.9 Å². The number of carbonyl (C=O) groups is 1. The molecule has 0 amide bonds. The molecule has 5 nitrogen and oxygen atoms in total. The van der Waals surface area contributed by atoms with Crippen LogP contribution in [0.25, 0.3) is 0 Å². The molecule has 1 fully saturated rings. The van der Waals surface area contributed by atoms with Crippen molar-refractivity contribution in [3.8, 4) is 0 Å². The average Bonchev–Trinajstić information content (AvgIpc) is 3.67. The van der Waals surface area contributed by atoms with Crippen LogP contribution in [0.4, 0.5) is 10.1 Å². The first-order valence-electron chi connectivity index (χ1n) is 12.0. The molecule has 2 heterocycles. The summed E-state index contributed by atoms with van der Waals surface area (Å²) in [5.74, 6) is -0.576. The van der Waals surface area contributed by atoms with Crippen LogP contribution in [-0.4, -0.2) is 29.1 Å². The minimum absolute atomic E-state index is 0.105. The Labute approximate surface area is 199 Å². The fourth-order valence-corrected chi connectivity index (χ4v) is 5.11. The SMILES string of the molecule is C[C@@H](CN[C@H](c1ccccc1)[C@H]1CNc2cc(F)cnc2C1)c1cccc(C2(C(=O)O)CC2)c1. The number of halogens is 1. The molecule has 2 aliphatic rings. The van der Waals surface area contributed by atoms with E-state index in [0.29, 0.717) is 12.8 Å². The molecule has 2 aromatic carbocycles. The fraction of sp³-hybridized carbons (Fsp3) is 0.357. The molecule has 0 saturated heterocycles. The van der Waals surface area contributed by atoms with Crippen LogP contribution in [0.3, 0.4) is 0 Å². The van der Waals surface area contributed by atoms with Crippen molar-refractivity contribution < 1.29 is 14.3 Å². The molecule has 3 atom stereocenters. The molecule has 1 saturated carbocycles. The van der Waals surface area contributed by atoms with Gasteiger partial charge in [0, 0.05) is 31.1 Å². The molecule has 34 heavy (non-hydrogen) atoms. The first-order valence-corrected chi connectivity index (χ1v) is 12.0. The number of pyridine rings is 1. The highest BCUT2D eigenvalue weighted by Gasteiger charge is 2.51. The maximum Gasteiger partial charge on any atom is 0.314 e. The minimum atomic E-state index is -0.724. The number of aromatic nitrogens is 1. The van der Waals surface area contributed by atoms with E-state index in [-0.39, 0.29) is 23.7 Å². The highest BCUT2D eigenvalue weighted by atomic mass is 19.1. The van der Waals surface area contributed by atoms with Crippen molar-refractivity contribution in [3.63, 3.8) is 0 Å². The number of aliphatic carboxylic acids is 1. The number of benzene rings is 2. The van der Waals surface area contributed by atoms with Gasteiger partial charge in [0.15, 0.2) is 0 Å². The van der Waals surface area contributed by atoms with Gasteiger partial charge in [-0.1, -0.05) is 61.5 Å². The van der Waals surface area contributed by atoms with Crippen molar-refractivity contribution in [2.24, 2.45) is 5.92 Å². The van der Waals surface area contributed by atoms with E-state index in [0.717, 1.165) is 42.0 Å². The van der Waals surface area contributed by atoms with Gasteiger partial charge < -0.3 is 15.7 Å². The molecular formula is C28H30FN3O2. The third-order valence-electron chi connectivity index (χ3n) is 7.39. The molecule has 0 spiro atoms. The van der Waals surface area contributed by atoms with Gasteiger partial charge in [0.05, 0.1) is 23.0 Å². The van der Waals surface area contributed by atoms with E-state index >= 15 is 0 Å². The van der Waals surface area contributed by atoms with E-state index in [2.05, 4.69) is 58.9 Å². The third kappa shape index (κ3) is 4.42. The van der Waals surface area contributed by atoms with Gasteiger partial charge in [0.1, 0.15) is 5.82 Å². The van der Waals surface area contributed by atoms with Crippen molar-refractivity contribution >= 4 is 11.7 Å². The Morgan fingerprint density at radius 3 is 2.68 bits per heavy atom. The van der Waals surface area contributed by atoms with Gasteiger partial charge in [-0.25, -0.2) is 4.39 Å². The predicted molar refractivity (Wildman–Crippen MR) is 130 cm³/mol. The highest BCUT2D eigenvalue weighted by Crippen LogP contribution is 2.48. The van der Waals surface area contributed by atoms with Gasteiger partial charge in [-0.15, -0.1) is 0 Å². The zero-order chi connectivity index (χ0) is 23.7. The summed E-state index contributed by atoms with van der Waals surface area (Å²) in [5.41, 5.74) is 4.25. The van der Waals surface area contributed by atoms with Gasteiger partial charge in [0.25, 0.3) is 0 Å². The summed E-state index contributed by atoms with van der Waals surface area (Å²) in [4.78, 5) is 16.1. The monoisotopic (exact) mass is 459 g/mol. The molecule has 0 radical (unpaired) electrons. The lowest BCUT2D eigenvalue weighted by Gasteiger charge is -2.33. The number of rotatable bonds is 8. The number of fused-ring (bicyclic) bond motifs is 1. The van der Waals surface area contributed by atoms with Crippen LogP contribution < -0.4 is 10.6 Å². The van der Waals surface area contributed by atoms with Gasteiger partial charge >= 0.3 is 5.97 Å².